The fourth-order valence-electron chi connectivity index (χ4n) is 9.28. The molecule has 0 radical (unpaired) electrons. The summed E-state index contributed by atoms with van der Waals surface area (Å²) >= 11 is 0. The first-order chi connectivity index (χ1) is 15.7. The maximum absolute atomic E-state index is 12.7. The van der Waals surface area contributed by atoms with E-state index in [1.54, 1.807) is 6.26 Å². The minimum atomic E-state index is -0.242. The van der Waals surface area contributed by atoms with Crippen molar-refractivity contribution >= 4 is 5.91 Å². The molecule has 4 saturated carbocycles. The quantitative estimate of drug-likeness (QED) is 0.587. The summed E-state index contributed by atoms with van der Waals surface area (Å²) in [5.74, 6) is 3.72. The van der Waals surface area contributed by atoms with Crippen molar-refractivity contribution in [2.75, 3.05) is 0 Å². The summed E-state index contributed by atoms with van der Waals surface area (Å²) in [6.07, 6.45) is 10.3. The van der Waals surface area contributed by atoms with Gasteiger partial charge in [0, 0.05) is 6.42 Å². The second-order valence-corrected chi connectivity index (χ2v) is 12.5. The highest BCUT2D eigenvalue weighted by Crippen LogP contribution is 2.68. The van der Waals surface area contributed by atoms with Crippen LogP contribution in [-0.2, 0) is 11.3 Å². The fraction of sp³-hybridized carbons (Fsp3) is 0.821. The molecule has 1 amide bonds. The van der Waals surface area contributed by atoms with E-state index in [-0.39, 0.29) is 28.9 Å². The second kappa shape index (κ2) is 8.71. The zero-order chi connectivity index (χ0) is 23.4. The highest BCUT2D eigenvalue weighted by Gasteiger charge is 2.62. The number of nitrogens with one attached hydrogen (secondary N) is 1. The van der Waals surface area contributed by atoms with E-state index >= 15 is 0 Å². The molecule has 5 nitrogen and oxygen atoms in total. The SMILES string of the molecule is C[C@H](CC(=O)NCc1ccco1)C1CC[C@H]2C3[C@H](O)CC4C[C@H](O)CCC4(C)[C@H]3CCC12C. The first-order valence-corrected chi connectivity index (χ1v) is 13.4. The molecule has 1 aromatic heterocycles. The molecule has 0 spiro atoms. The maximum Gasteiger partial charge on any atom is 0.220 e. The van der Waals surface area contributed by atoms with Crippen LogP contribution in [-0.4, -0.2) is 28.3 Å². The number of fused-ring (bicyclic) bond motifs is 5. The third-order valence-corrected chi connectivity index (χ3v) is 11.0. The summed E-state index contributed by atoms with van der Waals surface area (Å²) < 4.78 is 5.34. The molecule has 33 heavy (non-hydrogen) atoms. The first-order valence-electron chi connectivity index (χ1n) is 13.4. The van der Waals surface area contributed by atoms with Gasteiger partial charge in [0.05, 0.1) is 25.0 Å². The van der Waals surface area contributed by atoms with Crippen LogP contribution in [0.25, 0.3) is 0 Å². The topological polar surface area (TPSA) is 82.7 Å². The van der Waals surface area contributed by atoms with E-state index in [4.69, 9.17) is 4.42 Å². The van der Waals surface area contributed by atoms with Crippen LogP contribution in [0.4, 0.5) is 0 Å². The van der Waals surface area contributed by atoms with Gasteiger partial charge in [0.15, 0.2) is 0 Å². The van der Waals surface area contributed by atoms with Crippen molar-refractivity contribution in [2.45, 2.75) is 97.3 Å². The van der Waals surface area contributed by atoms with Gasteiger partial charge in [0.2, 0.25) is 5.91 Å². The Balaban J connectivity index is 1.27. The van der Waals surface area contributed by atoms with Crippen molar-refractivity contribution in [3.63, 3.8) is 0 Å². The summed E-state index contributed by atoms with van der Waals surface area (Å²) in [5.41, 5.74) is 0.472. The lowest BCUT2D eigenvalue weighted by molar-refractivity contribution is -0.174. The number of carbonyl (C=O) groups is 1. The number of furan rings is 1. The van der Waals surface area contributed by atoms with Crippen molar-refractivity contribution < 1.29 is 19.4 Å². The average Bonchev–Trinajstić information content (AvgIpc) is 3.41. The van der Waals surface area contributed by atoms with E-state index in [2.05, 4.69) is 26.1 Å². The van der Waals surface area contributed by atoms with E-state index in [0.717, 1.165) is 31.4 Å². The third kappa shape index (κ3) is 3.97. The molecule has 1 aromatic rings. The number of amides is 1. The van der Waals surface area contributed by atoms with Gasteiger partial charge in [-0.2, -0.15) is 0 Å². The predicted molar refractivity (Wildman–Crippen MR) is 127 cm³/mol. The van der Waals surface area contributed by atoms with E-state index in [1.165, 1.54) is 25.7 Å². The Hall–Kier alpha value is -1.33. The van der Waals surface area contributed by atoms with Gasteiger partial charge < -0.3 is 19.9 Å². The van der Waals surface area contributed by atoms with E-state index in [1.807, 2.05) is 12.1 Å². The first kappa shape index (κ1) is 23.4. The van der Waals surface area contributed by atoms with Gasteiger partial charge in [-0.3, -0.25) is 4.79 Å². The van der Waals surface area contributed by atoms with Gasteiger partial charge in [0.25, 0.3) is 0 Å². The molecule has 184 valence electrons. The normalized spacial score (nSPS) is 45.5. The molecule has 4 fully saturated rings. The molecule has 0 saturated heterocycles. The summed E-state index contributed by atoms with van der Waals surface area (Å²) in [5, 5.41) is 24.7. The molecular weight excluding hydrogens is 414 g/mol. The van der Waals surface area contributed by atoms with Crippen LogP contribution in [0.15, 0.2) is 22.8 Å². The van der Waals surface area contributed by atoms with Crippen molar-refractivity contribution in [3.8, 4) is 0 Å². The Morgan fingerprint density at radius 1 is 1.12 bits per heavy atom. The molecule has 5 heteroatoms. The molecule has 1 heterocycles. The van der Waals surface area contributed by atoms with E-state index < -0.39 is 0 Å². The van der Waals surface area contributed by atoms with Crippen LogP contribution in [0.5, 0.6) is 0 Å². The van der Waals surface area contributed by atoms with Crippen LogP contribution >= 0.6 is 0 Å². The van der Waals surface area contributed by atoms with Crippen molar-refractivity contribution in [2.24, 2.45) is 46.3 Å². The van der Waals surface area contributed by atoms with Crippen LogP contribution in [0.1, 0.15) is 84.3 Å². The molecule has 5 rings (SSSR count). The van der Waals surface area contributed by atoms with Gasteiger partial charge in [0.1, 0.15) is 5.76 Å². The van der Waals surface area contributed by atoms with Crippen LogP contribution < -0.4 is 5.32 Å². The zero-order valence-electron chi connectivity index (χ0n) is 20.6. The van der Waals surface area contributed by atoms with E-state index in [9.17, 15) is 15.0 Å². The standard InChI is InChI=1S/C28H43NO4/c1-17(13-25(32)29-16-20-5-4-12-33-20)21-6-7-22-26-23(9-11-28(21,22)3)27(2)10-8-19(30)14-18(27)15-24(26)31/h4-5,12,17-19,21-24,26,30-31H,6-11,13-16H2,1-3H3,(H,29,32)/t17-,18?,19-,21?,22+,23+,24-,26?,27?,28?/m1/s1. The summed E-state index contributed by atoms with van der Waals surface area (Å²) in [6, 6.07) is 3.73. The van der Waals surface area contributed by atoms with Crippen molar-refractivity contribution in [1.82, 2.24) is 5.32 Å². The largest absolute Gasteiger partial charge is 0.467 e. The Kier molecular flexibility index (Phi) is 6.18. The van der Waals surface area contributed by atoms with Crippen LogP contribution in [0.3, 0.4) is 0 Å². The number of carbonyl (C=O) groups excluding carboxylic acids is 1. The Morgan fingerprint density at radius 2 is 1.88 bits per heavy atom. The Bertz CT molecular complexity index is 839. The minimum absolute atomic E-state index is 0.105. The highest BCUT2D eigenvalue weighted by molar-refractivity contribution is 5.76. The van der Waals surface area contributed by atoms with Crippen molar-refractivity contribution in [3.05, 3.63) is 24.2 Å². The van der Waals surface area contributed by atoms with E-state index in [0.29, 0.717) is 48.5 Å². The monoisotopic (exact) mass is 457 g/mol. The van der Waals surface area contributed by atoms with Gasteiger partial charge in [-0.25, -0.2) is 0 Å². The molecule has 10 atom stereocenters. The average molecular weight is 458 g/mol. The second-order valence-electron chi connectivity index (χ2n) is 12.5. The number of aliphatic hydroxyl groups is 2. The number of rotatable bonds is 5. The zero-order valence-corrected chi connectivity index (χ0v) is 20.6. The maximum atomic E-state index is 12.7. The highest BCUT2D eigenvalue weighted by atomic mass is 16.3. The summed E-state index contributed by atoms with van der Waals surface area (Å²) in [6.45, 7) is 7.64. The predicted octanol–water partition coefficient (Wildman–Crippen LogP) is 4.91. The van der Waals surface area contributed by atoms with Crippen LogP contribution in [0, 0.1) is 46.3 Å². The number of hydrogen-bond donors (Lipinski definition) is 3. The molecule has 4 aliphatic rings. The summed E-state index contributed by atoms with van der Waals surface area (Å²) in [4.78, 5) is 12.7. The lowest BCUT2D eigenvalue weighted by atomic mass is 9.43. The lowest BCUT2D eigenvalue weighted by Crippen LogP contribution is -2.58. The summed E-state index contributed by atoms with van der Waals surface area (Å²) in [7, 11) is 0. The molecule has 4 aliphatic carbocycles. The Morgan fingerprint density at radius 3 is 2.64 bits per heavy atom. The molecule has 0 bridgehead atoms. The molecule has 0 aromatic carbocycles. The van der Waals surface area contributed by atoms with Gasteiger partial charge in [-0.1, -0.05) is 20.8 Å². The fourth-order valence-corrected chi connectivity index (χ4v) is 9.28. The number of hydrogen-bond acceptors (Lipinski definition) is 4. The number of aliphatic hydroxyl groups excluding tert-OH is 2. The molecule has 3 N–H and O–H groups in total. The lowest BCUT2D eigenvalue weighted by Gasteiger charge is -2.62. The molecule has 5 unspecified atom stereocenters. The van der Waals surface area contributed by atoms with Gasteiger partial charge in [-0.05, 0) is 110 Å². The smallest absolute Gasteiger partial charge is 0.220 e. The Labute approximate surface area is 198 Å². The minimum Gasteiger partial charge on any atom is -0.467 e. The molecule has 0 aliphatic heterocycles. The molecular formula is C28H43NO4. The van der Waals surface area contributed by atoms with Crippen LogP contribution in [0.2, 0.25) is 0 Å². The van der Waals surface area contributed by atoms with Gasteiger partial charge >= 0.3 is 0 Å². The van der Waals surface area contributed by atoms with Gasteiger partial charge in [-0.15, -0.1) is 0 Å². The van der Waals surface area contributed by atoms with Crippen molar-refractivity contribution in [1.29, 1.82) is 0 Å². The third-order valence-electron chi connectivity index (χ3n) is 11.0.